The molecule has 1 amide bonds. The number of carbonyl (C=O) groups excluding carboxylic acids is 1. The lowest BCUT2D eigenvalue weighted by Crippen LogP contribution is -2.34. The maximum Gasteiger partial charge on any atom is 0.286 e. The zero-order valence-corrected chi connectivity index (χ0v) is 16.6. The van der Waals surface area contributed by atoms with Crippen molar-refractivity contribution in [2.45, 2.75) is 37.9 Å². The van der Waals surface area contributed by atoms with Gasteiger partial charge in [-0.05, 0) is 36.5 Å². The Morgan fingerprint density at radius 2 is 1.79 bits per heavy atom. The molecule has 0 aliphatic carbocycles. The summed E-state index contributed by atoms with van der Waals surface area (Å²) in [6, 6.07) is 20.1. The first-order valence-electron chi connectivity index (χ1n) is 10.2. The summed E-state index contributed by atoms with van der Waals surface area (Å²) in [5.41, 5.74) is 2.31. The number of aliphatic hydroxyl groups excluding tert-OH is 1. The average molecular weight is 395 g/mol. The fourth-order valence-electron chi connectivity index (χ4n) is 3.33. The Labute approximate surface area is 172 Å². The van der Waals surface area contributed by atoms with Crippen molar-refractivity contribution in [3.8, 4) is 0 Å². The zero-order valence-electron chi connectivity index (χ0n) is 16.6. The number of amides is 1. The van der Waals surface area contributed by atoms with Crippen LogP contribution in [0.4, 0.5) is 0 Å². The Morgan fingerprint density at radius 1 is 1.07 bits per heavy atom. The molecule has 154 valence electrons. The van der Waals surface area contributed by atoms with Crippen LogP contribution in [-0.2, 0) is 20.7 Å². The van der Waals surface area contributed by atoms with Crippen LogP contribution < -0.4 is 5.32 Å². The van der Waals surface area contributed by atoms with Gasteiger partial charge in [0.15, 0.2) is 5.76 Å². The maximum absolute atomic E-state index is 12.7. The third kappa shape index (κ3) is 6.73. The van der Waals surface area contributed by atoms with E-state index >= 15 is 0 Å². The van der Waals surface area contributed by atoms with E-state index in [1.165, 1.54) is 5.56 Å². The van der Waals surface area contributed by atoms with E-state index in [2.05, 4.69) is 17.4 Å². The van der Waals surface area contributed by atoms with Crippen molar-refractivity contribution in [2.24, 2.45) is 0 Å². The van der Waals surface area contributed by atoms with E-state index in [1.807, 2.05) is 54.6 Å². The standard InChI is InChI=1S/C24H29NO4/c26-15-7-8-16-28-23-18-21(20-11-5-2-6-12-20)17-22(29-23)24(27)25-14-13-19-9-3-1-4-10-19/h1-6,9-12,17,21,23,26H,7-8,13-16,18H2,(H,25,27)/t21-,23+/m1/s1. The minimum Gasteiger partial charge on any atom is -0.459 e. The molecule has 1 heterocycles. The summed E-state index contributed by atoms with van der Waals surface area (Å²) in [4.78, 5) is 12.7. The smallest absolute Gasteiger partial charge is 0.286 e. The van der Waals surface area contributed by atoms with Crippen LogP contribution in [-0.4, -0.2) is 37.1 Å². The highest BCUT2D eigenvalue weighted by Gasteiger charge is 2.28. The molecule has 0 bridgehead atoms. The molecule has 0 aromatic heterocycles. The van der Waals surface area contributed by atoms with Gasteiger partial charge >= 0.3 is 0 Å². The second-order valence-electron chi connectivity index (χ2n) is 7.12. The van der Waals surface area contributed by atoms with Crippen molar-refractivity contribution >= 4 is 5.91 Å². The average Bonchev–Trinajstić information content (AvgIpc) is 2.78. The number of benzene rings is 2. The quantitative estimate of drug-likeness (QED) is 0.604. The predicted octanol–water partition coefficient (Wildman–Crippen LogP) is 3.55. The van der Waals surface area contributed by atoms with Gasteiger partial charge in [-0.3, -0.25) is 4.79 Å². The molecule has 2 atom stereocenters. The first kappa shape index (κ1) is 21.1. The zero-order chi connectivity index (χ0) is 20.3. The van der Waals surface area contributed by atoms with E-state index in [-0.39, 0.29) is 18.4 Å². The lowest BCUT2D eigenvalue weighted by molar-refractivity contribution is -0.146. The highest BCUT2D eigenvalue weighted by atomic mass is 16.7. The molecule has 2 N–H and O–H groups in total. The third-order valence-electron chi connectivity index (χ3n) is 4.91. The van der Waals surface area contributed by atoms with Crippen LogP contribution in [0.3, 0.4) is 0 Å². The normalized spacial score (nSPS) is 18.6. The van der Waals surface area contributed by atoms with E-state index in [0.29, 0.717) is 31.8 Å². The van der Waals surface area contributed by atoms with E-state index in [0.717, 1.165) is 18.4 Å². The van der Waals surface area contributed by atoms with Crippen molar-refractivity contribution in [3.63, 3.8) is 0 Å². The first-order valence-corrected chi connectivity index (χ1v) is 10.2. The van der Waals surface area contributed by atoms with E-state index < -0.39 is 6.29 Å². The molecule has 0 unspecified atom stereocenters. The predicted molar refractivity (Wildman–Crippen MR) is 112 cm³/mol. The molecule has 0 radical (unpaired) electrons. The summed E-state index contributed by atoms with van der Waals surface area (Å²) in [5.74, 6) is 0.151. The van der Waals surface area contributed by atoms with Crippen LogP contribution in [0.5, 0.6) is 0 Å². The molecule has 0 saturated carbocycles. The van der Waals surface area contributed by atoms with Gasteiger partial charge < -0.3 is 19.9 Å². The van der Waals surface area contributed by atoms with Crippen LogP contribution in [0.25, 0.3) is 0 Å². The second-order valence-corrected chi connectivity index (χ2v) is 7.12. The number of aliphatic hydroxyl groups is 1. The molecule has 0 spiro atoms. The molecule has 1 aliphatic rings. The van der Waals surface area contributed by atoms with Gasteiger partial charge in [-0.1, -0.05) is 60.7 Å². The SMILES string of the molecule is O=C(NCCc1ccccc1)C1=C[C@@H](c2ccccc2)C[C@@H](OCCCCO)O1. The van der Waals surface area contributed by atoms with Crippen LogP contribution in [0.2, 0.25) is 0 Å². The van der Waals surface area contributed by atoms with Gasteiger partial charge in [0.2, 0.25) is 6.29 Å². The number of hydrogen-bond acceptors (Lipinski definition) is 4. The second kappa shape index (κ2) is 11.4. The highest BCUT2D eigenvalue weighted by molar-refractivity contribution is 5.91. The number of rotatable bonds is 10. The van der Waals surface area contributed by atoms with Crippen molar-refractivity contribution in [1.29, 1.82) is 0 Å². The molecule has 2 aromatic carbocycles. The summed E-state index contributed by atoms with van der Waals surface area (Å²) >= 11 is 0. The first-order chi connectivity index (χ1) is 14.3. The molecule has 3 rings (SSSR count). The summed E-state index contributed by atoms with van der Waals surface area (Å²) < 4.78 is 11.7. The van der Waals surface area contributed by atoms with Crippen LogP contribution in [0.15, 0.2) is 72.5 Å². The Balaban J connectivity index is 1.61. The van der Waals surface area contributed by atoms with Crippen LogP contribution in [0, 0.1) is 0 Å². The van der Waals surface area contributed by atoms with Crippen molar-refractivity contribution in [2.75, 3.05) is 19.8 Å². The van der Waals surface area contributed by atoms with E-state index in [4.69, 9.17) is 14.6 Å². The number of allylic oxidation sites excluding steroid dienone is 1. The van der Waals surface area contributed by atoms with Gasteiger partial charge in [0.05, 0.1) is 6.61 Å². The molecule has 2 aromatic rings. The Bertz CT molecular complexity index is 776. The molecule has 0 saturated heterocycles. The van der Waals surface area contributed by atoms with Gasteiger partial charge in [0.25, 0.3) is 5.91 Å². The molecule has 29 heavy (non-hydrogen) atoms. The van der Waals surface area contributed by atoms with Gasteiger partial charge in [-0.25, -0.2) is 0 Å². The van der Waals surface area contributed by atoms with Gasteiger partial charge in [0.1, 0.15) is 0 Å². The topological polar surface area (TPSA) is 67.8 Å². The van der Waals surface area contributed by atoms with Crippen LogP contribution >= 0.6 is 0 Å². The Morgan fingerprint density at radius 3 is 2.52 bits per heavy atom. The Kier molecular flexibility index (Phi) is 8.28. The number of hydrogen-bond donors (Lipinski definition) is 2. The number of ether oxygens (including phenoxy) is 2. The third-order valence-corrected chi connectivity index (χ3v) is 4.91. The van der Waals surface area contributed by atoms with Crippen LogP contribution in [0.1, 0.15) is 36.3 Å². The maximum atomic E-state index is 12.7. The summed E-state index contributed by atoms with van der Waals surface area (Å²) in [5, 5.41) is 11.9. The fraction of sp³-hybridized carbons (Fsp3) is 0.375. The lowest BCUT2D eigenvalue weighted by atomic mass is 9.93. The van der Waals surface area contributed by atoms with Gasteiger partial charge in [-0.2, -0.15) is 0 Å². The number of carbonyl (C=O) groups is 1. The largest absolute Gasteiger partial charge is 0.459 e. The van der Waals surface area contributed by atoms with Crippen molar-refractivity contribution in [3.05, 3.63) is 83.6 Å². The summed E-state index contributed by atoms with van der Waals surface area (Å²) in [7, 11) is 0. The lowest BCUT2D eigenvalue weighted by Gasteiger charge is -2.29. The number of nitrogens with one attached hydrogen (secondary N) is 1. The summed E-state index contributed by atoms with van der Waals surface area (Å²) in [6.45, 7) is 1.19. The van der Waals surface area contributed by atoms with Gasteiger partial charge in [0, 0.05) is 25.5 Å². The molecule has 1 aliphatic heterocycles. The fourth-order valence-corrected chi connectivity index (χ4v) is 3.33. The number of unbranched alkanes of at least 4 members (excludes halogenated alkanes) is 1. The molecule has 5 heteroatoms. The van der Waals surface area contributed by atoms with E-state index in [1.54, 1.807) is 0 Å². The van der Waals surface area contributed by atoms with Gasteiger partial charge in [-0.15, -0.1) is 0 Å². The minimum absolute atomic E-state index is 0.0580. The van der Waals surface area contributed by atoms with E-state index in [9.17, 15) is 4.79 Å². The van der Waals surface area contributed by atoms with Crippen molar-refractivity contribution in [1.82, 2.24) is 5.32 Å². The molecular formula is C24H29NO4. The summed E-state index contributed by atoms with van der Waals surface area (Å²) in [6.07, 6.45) is 4.29. The monoisotopic (exact) mass is 395 g/mol. The minimum atomic E-state index is -0.473. The molecule has 0 fully saturated rings. The molecule has 5 nitrogen and oxygen atoms in total. The highest BCUT2D eigenvalue weighted by Crippen LogP contribution is 2.31. The van der Waals surface area contributed by atoms with Crippen molar-refractivity contribution < 1.29 is 19.4 Å². The Hall–Kier alpha value is -2.63. The molecular weight excluding hydrogens is 366 g/mol.